The average molecular weight is 441 g/mol. The summed E-state index contributed by atoms with van der Waals surface area (Å²) in [5, 5.41) is 8.67. The Morgan fingerprint density at radius 1 is 1.10 bits per heavy atom. The maximum atomic E-state index is 14.6. The summed E-state index contributed by atoms with van der Waals surface area (Å²) in [6.07, 6.45) is -4.53. The molecule has 2 aromatic carbocycles. The van der Waals surface area contributed by atoms with Gasteiger partial charge in [-0.2, -0.15) is 13.2 Å². The molecule has 0 bridgehead atoms. The normalized spacial score (nSPS) is 14.3. The first-order valence-electron chi connectivity index (χ1n) is 9.25. The number of benzene rings is 2. The highest BCUT2D eigenvalue weighted by Crippen LogP contribution is 2.31. The molecule has 0 aliphatic carbocycles. The number of rotatable bonds is 4. The molecule has 166 valence electrons. The van der Waals surface area contributed by atoms with E-state index in [-0.39, 0.29) is 36.4 Å². The number of nitrogens with one attached hydrogen (secondary N) is 1. The number of ether oxygens (including phenoxy) is 1. The highest BCUT2D eigenvalue weighted by Gasteiger charge is 2.31. The molecule has 11 heteroatoms. The second kappa shape index (κ2) is 9.31. The van der Waals surface area contributed by atoms with Crippen LogP contribution >= 0.6 is 0 Å². The van der Waals surface area contributed by atoms with Crippen molar-refractivity contribution in [3.8, 4) is 0 Å². The van der Waals surface area contributed by atoms with Crippen LogP contribution in [0.25, 0.3) is 0 Å². The van der Waals surface area contributed by atoms with Gasteiger partial charge in [-0.05, 0) is 36.4 Å². The monoisotopic (exact) mass is 441 g/mol. The SMILES string of the molecule is O=C(NO)c1ccc(CN(C(=O)N2CCOCC2)c2ccc(C(F)(F)F)cc2)c(F)c1. The number of hydroxylamine groups is 1. The lowest BCUT2D eigenvalue weighted by Gasteiger charge is -2.33. The molecule has 1 heterocycles. The predicted molar refractivity (Wildman–Crippen MR) is 101 cm³/mol. The number of nitrogens with zero attached hydrogens (tertiary/aromatic N) is 2. The zero-order valence-electron chi connectivity index (χ0n) is 16.2. The van der Waals surface area contributed by atoms with Crippen molar-refractivity contribution >= 4 is 17.6 Å². The first-order chi connectivity index (χ1) is 14.7. The zero-order valence-corrected chi connectivity index (χ0v) is 16.2. The molecular weight excluding hydrogens is 422 g/mol. The number of hydrogen-bond acceptors (Lipinski definition) is 4. The fourth-order valence-electron chi connectivity index (χ4n) is 3.08. The second-order valence-electron chi connectivity index (χ2n) is 6.76. The highest BCUT2D eigenvalue weighted by molar-refractivity contribution is 5.94. The van der Waals surface area contributed by atoms with Gasteiger partial charge in [0, 0.05) is 29.9 Å². The minimum Gasteiger partial charge on any atom is -0.378 e. The van der Waals surface area contributed by atoms with E-state index in [0.29, 0.717) is 13.2 Å². The van der Waals surface area contributed by atoms with Gasteiger partial charge in [0.05, 0.1) is 25.3 Å². The average Bonchev–Trinajstić information content (AvgIpc) is 2.77. The van der Waals surface area contributed by atoms with Crippen LogP contribution in [0.3, 0.4) is 0 Å². The molecule has 0 aromatic heterocycles. The van der Waals surface area contributed by atoms with E-state index >= 15 is 0 Å². The van der Waals surface area contributed by atoms with Crippen molar-refractivity contribution in [1.29, 1.82) is 0 Å². The smallest absolute Gasteiger partial charge is 0.378 e. The Morgan fingerprint density at radius 3 is 2.29 bits per heavy atom. The quantitative estimate of drug-likeness (QED) is 0.433. The number of urea groups is 1. The Hall–Kier alpha value is -3.18. The standard InChI is InChI=1S/C20H19F4N3O4/c21-17-11-13(18(28)25-30)1-2-14(17)12-27(19(29)26-7-9-31-10-8-26)16-5-3-15(4-6-16)20(22,23)24/h1-6,11,30H,7-10,12H2,(H,25,28). The van der Waals surface area contributed by atoms with Crippen molar-refractivity contribution in [2.24, 2.45) is 0 Å². The van der Waals surface area contributed by atoms with E-state index in [2.05, 4.69) is 0 Å². The summed E-state index contributed by atoms with van der Waals surface area (Å²) in [6.45, 7) is 0.911. The molecule has 2 N–H and O–H groups in total. The lowest BCUT2D eigenvalue weighted by atomic mass is 10.1. The van der Waals surface area contributed by atoms with Crippen LogP contribution in [0.1, 0.15) is 21.5 Å². The van der Waals surface area contributed by atoms with Gasteiger partial charge in [-0.15, -0.1) is 0 Å². The van der Waals surface area contributed by atoms with Crippen LogP contribution in [-0.4, -0.2) is 48.3 Å². The van der Waals surface area contributed by atoms with Gasteiger partial charge < -0.3 is 9.64 Å². The summed E-state index contributed by atoms with van der Waals surface area (Å²) >= 11 is 0. The van der Waals surface area contributed by atoms with Gasteiger partial charge in [0.15, 0.2) is 0 Å². The number of anilines is 1. The molecule has 0 spiro atoms. The summed E-state index contributed by atoms with van der Waals surface area (Å²) in [6, 6.07) is 6.89. The third kappa shape index (κ3) is 5.30. The fraction of sp³-hybridized carbons (Fsp3) is 0.300. The van der Waals surface area contributed by atoms with Crippen LogP contribution in [0, 0.1) is 5.82 Å². The van der Waals surface area contributed by atoms with E-state index in [1.807, 2.05) is 0 Å². The Balaban J connectivity index is 1.92. The third-order valence-corrected chi connectivity index (χ3v) is 4.76. The number of carbonyl (C=O) groups is 2. The maximum Gasteiger partial charge on any atom is 0.416 e. The van der Waals surface area contributed by atoms with Crippen LogP contribution in [0.2, 0.25) is 0 Å². The van der Waals surface area contributed by atoms with Gasteiger partial charge >= 0.3 is 12.2 Å². The summed E-state index contributed by atoms with van der Waals surface area (Å²) in [7, 11) is 0. The van der Waals surface area contributed by atoms with Gasteiger partial charge in [0.1, 0.15) is 5.82 Å². The van der Waals surface area contributed by atoms with Gasteiger partial charge in [0.25, 0.3) is 5.91 Å². The van der Waals surface area contributed by atoms with Crippen molar-refractivity contribution < 1.29 is 37.1 Å². The van der Waals surface area contributed by atoms with E-state index in [1.54, 1.807) is 0 Å². The van der Waals surface area contributed by atoms with E-state index in [0.717, 1.165) is 35.2 Å². The predicted octanol–water partition coefficient (Wildman–Crippen LogP) is 3.42. The van der Waals surface area contributed by atoms with Crippen molar-refractivity contribution in [2.45, 2.75) is 12.7 Å². The second-order valence-corrected chi connectivity index (χ2v) is 6.76. The summed E-state index contributed by atoms with van der Waals surface area (Å²) < 4.78 is 58.5. The molecule has 0 radical (unpaired) electrons. The maximum absolute atomic E-state index is 14.6. The van der Waals surface area contributed by atoms with E-state index < -0.39 is 29.5 Å². The van der Waals surface area contributed by atoms with E-state index in [9.17, 15) is 27.2 Å². The Bertz CT molecular complexity index is 944. The van der Waals surface area contributed by atoms with Gasteiger partial charge in [-0.3, -0.25) is 14.9 Å². The lowest BCUT2D eigenvalue weighted by molar-refractivity contribution is -0.137. The van der Waals surface area contributed by atoms with Crippen molar-refractivity contribution in [1.82, 2.24) is 10.4 Å². The van der Waals surface area contributed by atoms with Gasteiger partial charge in [0.2, 0.25) is 0 Å². The Kier molecular flexibility index (Phi) is 6.76. The van der Waals surface area contributed by atoms with Crippen LogP contribution in [0.15, 0.2) is 42.5 Å². The van der Waals surface area contributed by atoms with E-state index in [1.165, 1.54) is 22.5 Å². The molecule has 1 aliphatic rings. The Labute approximate surface area is 174 Å². The summed E-state index contributed by atoms with van der Waals surface area (Å²) in [5.74, 6) is -1.72. The lowest BCUT2D eigenvalue weighted by Crippen LogP contribution is -2.48. The molecule has 1 fully saturated rings. The minimum absolute atomic E-state index is 0.0380. The van der Waals surface area contributed by atoms with Gasteiger partial charge in [-0.25, -0.2) is 14.7 Å². The molecule has 7 nitrogen and oxygen atoms in total. The highest BCUT2D eigenvalue weighted by atomic mass is 19.4. The number of amides is 3. The van der Waals surface area contributed by atoms with Crippen molar-refractivity contribution in [2.75, 3.05) is 31.2 Å². The molecule has 0 atom stereocenters. The van der Waals surface area contributed by atoms with Crippen LogP contribution in [0.4, 0.5) is 28.0 Å². The first-order valence-corrected chi connectivity index (χ1v) is 9.25. The van der Waals surface area contributed by atoms with Crippen LogP contribution < -0.4 is 10.4 Å². The first kappa shape index (κ1) is 22.5. The molecule has 1 saturated heterocycles. The molecule has 0 unspecified atom stereocenters. The molecule has 3 rings (SSSR count). The number of hydrogen-bond donors (Lipinski definition) is 2. The molecule has 0 saturated carbocycles. The zero-order chi connectivity index (χ0) is 22.6. The molecule has 1 aliphatic heterocycles. The number of morpholine rings is 1. The number of alkyl halides is 3. The molecule has 2 aromatic rings. The number of halogens is 4. The van der Waals surface area contributed by atoms with Gasteiger partial charge in [-0.1, -0.05) is 6.07 Å². The fourth-order valence-corrected chi connectivity index (χ4v) is 3.08. The largest absolute Gasteiger partial charge is 0.416 e. The molecular formula is C20H19F4N3O4. The number of carbonyl (C=O) groups excluding carboxylic acids is 2. The minimum atomic E-state index is -4.53. The summed E-state index contributed by atoms with van der Waals surface area (Å²) in [5.41, 5.74) is 0.575. The molecule has 3 amide bonds. The Morgan fingerprint density at radius 2 is 1.74 bits per heavy atom. The topological polar surface area (TPSA) is 82.1 Å². The van der Waals surface area contributed by atoms with Crippen LogP contribution in [-0.2, 0) is 17.5 Å². The third-order valence-electron chi connectivity index (χ3n) is 4.76. The molecule has 31 heavy (non-hydrogen) atoms. The van der Waals surface area contributed by atoms with Crippen molar-refractivity contribution in [3.05, 3.63) is 65.0 Å². The van der Waals surface area contributed by atoms with Crippen LogP contribution in [0.5, 0.6) is 0 Å². The van der Waals surface area contributed by atoms with Crippen molar-refractivity contribution in [3.63, 3.8) is 0 Å². The van der Waals surface area contributed by atoms with E-state index in [4.69, 9.17) is 9.94 Å². The summed E-state index contributed by atoms with van der Waals surface area (Å²) in [4.78, 5) is 27.1.